The highest BCUT2D eigenvalue weighted by Gasteiger charge is 2.17. The molecule has 1 saturated heterocycles. The van der Waals surface area contributed by atoms with E-state index >= 15 is 0 Å². The summed E-state index contributed by atoms with van der Waals surface area (Å²) in [5.74, 6) is 0.995. The van der Waals surface area contributed by atoms with Crippen molar-refractivity contribution < 1.29 is 4.79 Å². The molecule has 0 aliphatic carbocycles. The van der Waals surface area contributed by atoms with Gasteiger partial charge in [-0.05, 0) is 57.0 Å². The molecule has 19 heavy (non-hydrogen) atoms. The van der Waals surface area contributed by atoms with Gasteiger partial charge in [-0.3, -0.25) is 4.79 Å². The van der Waals surface area contributed by atoms with Crippen molar-refractivity contribution >= 4 is 11.5 Å². The Morgan fingerprint density at radius 2 is 1.84 bits per heavy atom. The average Bonchev–Trinajstić information content (AvgIpc) is 2.46. The summed E-state index contributed by atoms with van der Waals surface area (Å²) in [6.45, 7) is 6.46. The second-order valence-electron chi connectivity index (χ2n) is 5.59. The standard InChI is InChI=1S/C16H24N2O/c1-12-8-10-18(11-9-12)15-6-4-14(5-7-15)16(19)13(2)17-3/h4-7,12-13,17H,8-11H2,1-3H3. The molecule has 1 aromatic carbocycles. The van der Waals surface area contributed by atoms with Crippen molar-refractivity contribution in [3.63, 3.8) is 0 Å². The van der Waals surface area contributed by atoms with Gasteiger partial charge in [0, 0.05) is 24.3 Å². The van der Waals surface area contributed by atoms with Gasteiger partial charge in [0.15, 0.2) is 5.78 Å². The molecule has 1 N–H and O–H groups in total. The predicted molar refractivity (Wildman–Crippen MR) is 79.9 cm³/mol. The zero-order valence-corrected chi connectivity index (χ0v) is 12.1. The van der Waals surface area contributed by atoms with Gasteiger partial charge >= 0.3 is 0 Å². The first-order valence-electron chi connectivity index (χ1n) is 7.18. The summed E-state index contributed by atoms with van der Waals surface area (Å²) in [5.41, 5.74) is 2.02. The molecule has 1 aliphatic heterocycles. The van der Waals surface area contributed by atoms with Crippen LogP contribution < -0.4 is 10.2 Å². The van der Waals surface area contributed by atoms with Crippen molar-refractivity contribution in [2.45, 2.75) is 32.7 Å². The van der Waals surface area contributed by atoms with Gasteiger partial charge in [0.05, 0.1) is 6.04 Å². The number of piperidine rings is 1. The SMILES string of the molecule is CNC(C)C(=O)c1ccc(N2CCC(C)CC2)cc1. The molecule has 0 bridgehead atoms. The molecule has 1 atom stereocenters. The number of nitrogens with one attached hydrogen (secondary N) is 1. The number of hydrogen-bond acceptors (Lipinski definition) is 3. The molecule has 0 aromatic heterocycles. The van der Waals surface area contributed by atoms with Crippen molar-refractivity contribution in [3.8, 4) is 0 Å². The van der Waals surface area contributed by atoms with E-state index in [9.17, 15) is 4.79 Å². The number of nitrogens with zero attached hydrogens (tertiary/aromatic N) is 1. The van der Waals surface area contributed by atoms with Crippen LogP contribution >= 0.6 is 0 Å². The van der Waals surface area contributed by atoms with Crippen LogP contribution in [0.4, 0.5) is 5.69 Å². The average molecular weight is 260 g/mol. The number of Topliss-reactive ketones (excluding diaryl/α,β-unsaturated/α-hetero) is 1. The number of ketones is 1. The minimum absolute atomic E-state index is 0.123. The predicted octanol–water partition coefficient (Wildman–Crippen LogP) is 2.71. The lowest BCUT2D eigenvalue weighted by molar-refractivity contribution is 0.0955. The highest BCUT2D eigenvalue weighted by molar-refractivity contribution is 6.00. The van der Waals surface area contributed by atoms with Gasteiger partial charge in [-0.15, -0.1) is 0 Å². The molecule has 3 nitrogen and oxygen atoms in total. The summed E-state index contributed by atoms with van der Waals surface area (Å²) in [4.78, 5) is 14.4. The molecule has 1 aromatic rings. The lowest BCUT2D eigenvalue weighted by Gasteiger charge is -2.32. The molecular weight excluding hydrogens is 236 g/mol. The van der Waals surface area contributed by atoms with Gasteiger partial charge < -0.3 is 10.2 Å². The molecular formula is C16H24N2O. The summed E-state index contributed by atoms with van der Waals surface area (Å²) in [6.07, 6.45) is 2.52. The van der Waals surface area contributed by atoms with E-state index in [1.807, 2.05) is 26.1 Å². The van der Waals surface area contributed by atoms with Crippen LogP contribution in [0.15, 0.2) is 24.3 Å². The van der Waals surface area contributed by atoms with Gasteiger partial charge in [-0.1, -0.05) is 6.92 Å². The molecule has 104 valence electrons. The lowest BCUT2D eigenvalue weighted by atomic mass is 9.98. The molecule has 0 saturated carbocycles. The van der Waals surface area contributed by atoms with Crippen LogP contribution in [0.3, 0.4) is 0 Å². The van der Waals surface area contributed by atoms with E-state index in [1.54, 1.807) is 0 Å². The zero-order chi connectivity index (χ0) is 13.8. The highest BCUT2D eigenvalue weighted by Crippen LogP contribution is 2.23. The number of benzene rings is 1. The van der Waals surface area contributed by atoms with Crippen molar-refractivity contribution in [2.24, 2.45) is 5.92 Å². The first kappa shape index (κ1) is 14.1. The van der Waals surface area contributed by atoms with Crippen LogP contribution in [-0.4, -0.2) is 32.0 Å². The third-order valence-corrected chi connectivity index (χ3v) is 4.13. The Bertz CT molecular complexity index is 419. The summed E-state index contributed by atoms with van der Waals surface area (Å²) < 4.78 is 0. The van der Waals surface area contributed by atoms with Crippen LogP contribution in [0.2, 0.25) is 0 Å². The minimum Gasteiger partial charge on any atom is -0.372 e. The van der Waals surface area contributed by atoms with Crippen LogP contribution in [0, 0.1) is 5.92 Å². The molecule has 1 fully saturated rings. The number of rotatable bonds is 4. The van der Waals surface area contributed by atoms with Crippen LogP contribution in [-0.2, 0) is 0 Å². The minimum atomic E-state index is -0.123. The molecule has 1 aliphatic rings. The molecule has 0 amide bonds. The van der Waals surface area contributed by atoms with E-state index in [4.69, 9.17) is 0 Å². The summed E-state index contributed by atoms with van der Waals surface area (Å²) in [7, 11) is 1.81. The van der Waals surface area contributed by atoms with Crippen molar-refractivity contribution in [1.82, 2.24) is 5.32 Å². The number of hydrogen-bond donors (Lipinski definition) is 1. The van der Waals surface area contributed by atoms with Crippen molar-refractivity contribution in [1.29, 1.82) is 0 Å². The summed E-state index contributed by atoms with van der Waals surface area (Å²) >= 11 is 0. The smallest absolute Gasteiger partial charge is 0.179 e. The summed E-state index contributed by atoms with van der Waals surface area (Å²) in [6, 6.07) is 7.92. The number of anilines is 1. The van der Waals surface area contributed by atoms with Gasteiger partial charge in [0.25, 0.3) is 0 Å². The molecule has 1 heterocycles. The first-order chi connectivity index (χ1) is 9.11. The Morgan fingerprint density at radius 3 is 2.37 bits per heavy atom. The Morgan fingerprint density at radius 1 is 1.26 bits per heavy atom. The van der Waals surface area contributed by atoms with Gasteiger partial charge in [0.2, 0.25) is 0 Å². The van der Waals surface area contributed by atoms with Gasteiger partial charge in [-0.25, -0.2) is 0 Å². The quantitative estimate of drug-likeness (QED) is 0.845. The van der Waals surface area contributed by atoms with E-state index < -0.39 is 0 Å². The van der Waals surface area contributed by atoms with Gasteiger partial charge in [0.1, 0.15) is 0 Å². The first-order valence-corrected chi connectivity index (χ1v) is 7.18. The number of likely N-dealkylation sites (N-methyl/N-ethyl adjacent to an activating group) is 1. The topological polar surface area (TPSA) is 32.3 Å². The van der Waals surface area contributed by atoms with Crippen LogP contribution in [0.25, 0.3) is 0 Å². The maximum absolute atomic E-state index is 12.0. The normalized spacial score (nSPS) is 18.4. The fraction of sp³-hybridized carbons (Fsp3) is 0.562. The van der Waals surface area contributed by atoms with Crippen LogP contribution in [0.5, 0.6) is 0 Å². The second-order valence-corrected chi connectivity index (χ2v) is 5.59. The largest absolute Gasteiger partial charge is 0.372 e. The zero-order valence-electron chi connectivity index (χ0n) is 12.1. The Hall–Kier alpha value is -1.35. The summed E-state index contributed by atoms with van der Waals surface area (Å²) in [5, 5.41) is 2.99. The number of carbonyl (C=O) groups is 1. The van der Waals surface area contributed by atoms with Crippen molar-refractivity contribution in [2.75, 3.05) is 25.0 Å². The highest BCUT2D eigenvalue weighted by atomic mass is 16.1. The third kappa shape index (κ3) is 3.35. The molecule has 1 unspecified atom stereocenters. The molecule has 3 heteroatoms. The van der Waals surface area contributed by atoms with Crippen LogP contribution in [0.1, 0.15) is 37.0 Å². The van der Waals surface area contributed by atoms with E-state index in [0.29, 0.717) is 0 Å². The van der Waals surface area contributed by atoms with E-state index in [-0.39, 0.29) is 11.8 Å². The third-order valence-electron chi connectivity index (χ3n) is 4.13. The van der Waals surface area contributed by atoms with E-state index in [2.05, 4.69) is 29.3 Å². The molecule has 0 radical (unpaired) electrons. The molecule has 2 rings (SSSR count). The Kier molecular flexibility index (Phi) is 4.59. The molecule has 0 spiro atoms. The maximum Gasteiger partial charge on any atom is 0.179 e. The second kappa shape index (κ2) is 6.20. The van der Waals surface area contributed by atoms with Crippen molar-refractivity contribution in [3.05, 3.63) is 29.8 Å². The Labute approximate surface area is 116 Å². The maximum atomic E-state index is 12.0. The fourth-order valence-electron chi connectivity index (χ4n) is 2.48. The Balaban J connectivity index is 2.04. The van der Waals surface area contributed by atoms with Gasteiger partial charge in [-0.2, -0.15) is 0 Å². The fourth-order valence-corrected chi connectivity index (χ4v) is 2.48. The monoisotopic (exact) mass is 260 g/mol. The van der Waals surface area contributed by atoms with E-state index in [1.165, 1.54) is 18.5 Å². The lowest BCUT2D eigenvalue weighted by Crippen LogP contribution is -2.33. The number of carbonyl (C=O) groups excluding carboxylic acids is 1. The van der Waals surface area contributed by atoms with E-state index in [0.717, 1.165) is 24.6 Å².